The lowest BCUT2D eigenvalue weighted by Crippen LogP contribution is -2.07. The second-order valence-corrected chi connectivity index (χ2v) is 8.44. The highest BCUT2D eigenvalue weighted by atomic mass is 16.1. The number of hydrogen-bond donors (Lipinski definition) is 1. The third-order valence-corrected chi connectivity index (χ3v) is 4.64. The van der Waals surface area contributed by atoms with Crippen molar-refractivity contribution in [1.82, 2.24) is 0 Å². The van der Waals surface area contributed by atoms with Crippen molar-refractivity contribution in [3.05, 3.63) is 46.0 Å². The van der Waals surface area contributed by atoms with Crippen LogP contribution in [0.4, 0.5) is 0 Å². The number of nitrogens with two attached hydrogens (primary N) is 1. The highest BCUT2D eigenvalue weighted by Gasteiger charge is 2.15. The number of benzene rings is 1. The highest BCUT2D eigenvalue weighted by molar-refractivity contribution is 5.72. The summed E-state index contributed by atoms with van der Waals surface area (Å²) in [5.41, 5.74) is 13.6. The Morgan fingerprint density at radius 1 is 1.14 bits per heavy atom. The number of carbonyl (C=O) groups excluding carboxylic acids is 1. The van der Waals surface area contributed by atoms with E-state index in [2.05, 4.69) is 72.9 Å². The van der Waals surface area contributed by atoms with Crippen molar-refractivity contribution in [2.24, 2.45) is 11.1 Å². The topological polar surface area (TPSA) is 43.1 Å². The van der Waals surface area contributed by atoms with Gasteiger partial charge in [0.05, 0.1) is 0 Å². The Labute approximate surface area is 175 Å². The van der Waals surface area contributed by atoms with Gasteiger partial charge in [0.15, 0.2) is 0 Å². The van der Waals surface area contributed by atoms with E-state index in [4.69, 9.17) is 4.79 Å². The summed E-state index contributed by atoms with van der Waals surface area (Å²) in [5, 5.41) is 0. The van der Waals surface area contributed by atoms with Gasteiger partial charge in [-0.3, -0.25) is 0 Å². The molecule has 0 aliphatic heterocycles. The van der Waals surface area contributed by atoms with Crippen LogP contribution in [0, 0.1) is 12.3 Å². The molecule has 160 valence electrons. The first-order valence-electron chi connectivity index (χ1n) is 10.5. The number of hydrogen-bond acceptors (Lipinski definition) is 2. The fourth-order valence-electron chi connectivity index (χ4n) is 2.82. The average molecular weight is 388 g/mol. The van der Waals surface area contributed by atoms with Crippen molar-refractivity contribution in [3.63, 3.8) is 0 Å². The van der Waals surface area contributed by atoms with Crippen LogP contribution in [0.2, 0.25) is 0 Å². The zero-order chi connectivity index (χ0) is 22.3. The van der Waals surface area contributed by atoms with Crippen molar-refractivity contribution in [3.8, 4) is 0 Å². The summed E-state index contributed by atoms with van der Waals surface area (Å²) in [7, 11) is 1.50. The average Bonchev–Trinajstić information content (AvgIpc) is 2.64. The molecule has 1 aromatic carbocycles. The monoisotopic (exact) mass is 387 g/mol. The van der Waals surface area contributed by atoms with Gasteiger partial charge in [-0.05, 0) is 93.7 Å². The summed E-state index contributed by atoms with van der Waals surface area (Å²) < 4.78 is 0. The minimum absolute atomic E-state index is 0.542. The molecule has 1 aliphatic carbocycles. The van der Waals surface area contributed by atoms with E-state index in [0.29, 0.717) is 5.41 Å². The maximum absolute atomic E-state index is 8.81. The SMILES string of the molecule is C=Cc1c(C=C(C)C)c(C)cc2c1CCCC2.CC=O.CCC(C)(C)C.CN. The molecule has 0 radical (unpaired) electrons. The van der Waals surface area contributed by atoms with Gasteiger partial charge in [0.2, 0.25) is 0 Å². The molecular formula is C26H45NO. The van der Waals surface area contributed by atoms with E-state index in [0.717, 1.165) is 6.29 Å². The third-order valence-electron chi connectivity index (χ3n) is 4.64. The third kappa shape index (κ3) is 11.2. The molecule has 2 heteroatoms. The van der Waals surface area contributed by atoms with Crippen LogP contribution in [0.1, 0.15) is 95.5 Å². The van der Waals surface area contributed by atoms with Gasteiger partial charge in [-0.2, -0.15) is 0 Å². The van der Waals surface area contributed by atoms with Crippen molar-refractivity contribution in [2.75, 3.05) is 7.05 Å². The number of aldehydes is 1. The van der Waals surface area contributed by atoms with Crippen molar-refractivity contribution in [1.29, 1.82) is 0 Å². The molecule has 0 unspecified atom stereocenters. The largest absolute Gasteiger partial charge is 0.333 e. The first-order valence-corrected chi connectivity index (χ1v) is 10.5. The molecule has 0 saturated carbocycles. The molecule has 0 bridgehead atoms. The van der Waals surface area contributed by atoms with Gasteiger partial charge in [0.1, 0.15) is 6.29 Å². The van der Waals surface area contributed by atoms with Crippen molar-refractivity contribution < 1.29 is 4.79 Å². The summed E-state index contributed by atoms with van der Waals surface area (Å²) in [4.78, 5) is 8.81. The molecule has 0 amide bonds. The molecule has 2 N–H and O–H groups in total. The zero-order valence-corrected chi connectivity index (χ0v) is 20.0. The van der Waals surface area contributed by atoms with E-state index in [1.54, 1.807) is 11.1 Å². The van der Waals surface area contributed by atoms with Gasteiger partial charge in [-0.25, -0.2) is 0 Å². The Morgan fingerprint density at radius 2 is 1.61 bits per heavy atom. The van der Waals surface area contributed by atoms with Crippen LogP contribution in [-0.2, 0) is 17.6 Å². The molecule has 0 aromatic heterocycles. The van der Waals surface area contributed by atoms with Crippen LogP contribution < -0.4 is 5.73 Å². The minimum atomic E-state index is 0.542. The minimum Gasteiger partial charge on any atom is -0.333 e. The molecule has 2 rings (SSSR count). The smallest absolute Gasteiger partial charge is 0.116 e. The molecule has 1 aliphatic rings. The quantitative estimate of drug-likeness (QED) is 0.547. The van der Waals surface area contributed by atoms with E-state index in [9.17, 15) is 0 Å². The van der Waals surface area contributed by atoms with E-state index in [1.807, 2.05) is 6.08 Å². The molecule has 0 saturated heterocycles. The number of allylic oxidation sites excluding steroid dienone is 1. The van der Waals surface area contributed by atoms with Crippen LogP contribution in [-0.4, -0.2) is 13.3 Å². The number of fused-ring (bicyclic) bond motifs is 1. The normalized spacial score (nSPS) is 11.8. The van der Waals surface area contributed by atoms with Gasteiger partial charge in [0.25, 0.3) is 0 Å². The van der Waals surface area contributed by atoms with Gasteiger partial charge in [0, 0.05) is 0 Å². The van der Waals surface area contributed by atoms with Crippen LogP contribution >= 0.6 is 0 Å². The van der Waals surface area contributed by atoms with E-state index in [-0.39, 0.29) is 0 Å². The van der Waals surface area contributed by atoms with Gasteiger partial charge in [-0.15, -0.1) is 0 Å². The highest BCUT2D eigenvalue weighted by Crippen LogP contribution is 2.31. The molecule has 2 nitrogen and oxygen atoms in total. The molecule has 0 spiro atoms. The fraction of sp³-hybridized carbons (Fsp3) is 0.577. The zero-order valence-electron chi connectivity index (χ0n) is 20.0. The molecule has 28 heavy (non-hydrogen) atoms. The summed E-state index contributed by atoms with van der Waals surface area (Å²) in [5.74, 6) is 0. The van der Waals surface area contributed by atoms with Crippen LogP contribution in [0.15, 0.2) is 18.2 Å². The summed E-state index contributed by atoms with van der Waals surface area (Å²) >= 11 is 0. The number of rotatable bonds is 2. The summed E-state index contributed by atoms with van der Waals surface area (Å²) in [6, 6.07) is 2.39. The lowest BCUT2D eigenvalue weighted by atomic mass is 9.83. The Hall–Kier alpha value is -1.67. The Balaban J connectivity index is 0. The Morgan fingerprint density at radius 3 is 2.00 bits per heavy atom. The Bertz CT molecular complexity index is 614. The van der Waals surface area contributed by atoms with Gasteiger partial charge in [-0.1, -0.05) is 64.5 Å². The molecular weight excluding hydrogens is 342 g/mol. The first-order chi connectivity index (χ1) is 13.1. The van der Waals surface area contributed by atoms with Crippen LogP contribution in [0.3, 0.4) is 0 Å². The van der Waals surface area contributed by atoms with E-state index >= 15 is 0 Å². The predicted molar refractivity (Wildman–Crippen MR) is 129 cm³/mol. The molecule has 0 heterocycles. The molecule has 0 atom stereocenters. The summed E-state index contributed by atoms with van der Waals surface area (Å²) in [6.45, 7) is 20.9. The van der Waals surface area contributed by atoms with Gasteiger partial charge >= 0.3 is 0 Å². The maximum atomic E-state index is 8.81. The second-order valence-electron chi connectivity index (χ2n) is 8.44. The van der Waals surface area contributed by atoms with Crippen LogP contribution in [0.25, 0.3) is 12.2 Å². The second kappa shape index (κ2) is 15.3. The maximum Gasteiger partial charge on any atom is 0.116 e. The fourth-order valence-corrected chi connectivity index (χ4v) is 2.82. The van der Waals surface area contributed by atoms with Crippen molar-refractivity contribution >= 4 is 18.4 Å². The lowest BCUT2D eigenvalue weighted by Gasteiger charge is -2.21. The van der Waals surface area contributed by atoms with E-state index < -0.39 is 0 Å². The standard InChI is InChI=1S/C17H22.C6H14.C2H4O.CH5N/c1-5-15-16-9-7-6-8-14(16)11-13(4)17(15)10-12(2)3;1-5-6(2,3)4;1-2-3;1-2/h5,10-11H,1,6-9H2,2-4H3;5H2,1-4H3;2H,1H3;2H2,1H3. The number of aryl methyl sites for hydroxylation is 2. The van der Waals surface area contributed by atoms with Crippen molar-refractivity contribution in [2.45, 2.75) is 87.5 Å². The molecule has 1 aromatic rings. The summed E-state index contributed by atoms with van der Waals surface area (Å²) in [6.07, 6.45) is 11.5. The predicted octanol–water partition coefficient (Wildman–Crippen LogP) is 7.16. The van der Waals surface area contributed by atoms with Crippen LogP contribution in [0.5, 0.6) is 0 Å². The number of carbonyl (C=O) groups is 1. The van der Waals surface area contributed by atoms with E-state index in [1.165, 1.54) is 68.3 Å². The first kappa shape index (κ1) is 28.5. The molecule has 0 fully saturated rings. The van der Waals surface area contributed by atoms with Gasteiger partial charge < -0.3 is 10.5 Å². The Kier molecular flexibility index (Phi) is 15.6. The lowest BCUT2D eigenvalue weighted by molar-refractivity contribution is -0.106.